The molecule has 0 radical (unpaired) electrons. The third-order valence-corrected chi connectivity index (χ3v) is 3.15. The first-order valence-corrected chi connectivity index (χ1v) is 6.25. The molecule has 1 nitrogen and oxygen atoms in total. The molecular formula is C13H26O. The van der Waals surface area contributed by atoms with Crippen molar-refractivity contribution in [3.63, 3.8) is 0 Å². The summed E-state index contributed by atoms with van der Waals surface area (Å²) in [6.45, 7) is 8.91. The van der Waals surface area contributed by atoms with Gasteiger partial charge in [-0.2, -0.15) is 0 Å². The summed E-state index contributed by atoms with van der Waals surface area (Å²) in [7, 11) is 0. The highest BCUT2D eigenvalue weighted by molar-refractivity contribution is 4.79. The molecule has 14 heavy (non-hydrogen) atoms. The Morgan fingerprint density at radius 2 is 1.71 bits per heavy atom. The number of rotatable bonds is 6. The van der Waals surface area contributed by atoms with E-state index in [1.54, 1.807) is 0 Å². The van der Waals surface area contributed by atoms with Crippen LogP contribution in [0.3, 0.4) is 0 Å². The molecule has 0 aromatic carbocycles. The van der Waals surface area contributed by atoms with E-state index in [9.17, 15) is 0 Å². The second-order valence-corrected chi connectivity index (χ2v) is 5.39. The van der Waals surface area contributed by atoms with Gasteiger partial charge in [-0.25, -0.2) is 0 Å². The van der Waals surface area contributed by atoms with Crippen molar-refractivity contribution in [1.82, 2.24) is 0 Å². The van der Waals surface area contributed by atoms with Gasteiger partial charge in [0, 0.05) is 0 Å². The van der Waals surface area contributed by atoms with Crippen molar-refractivity contribution in [3.05, 3.63) is 0 Å². The molecule has 0 N–H and O–H groups in total. The van der Waals surface area contributed by atoms with Gasteiger partial charge in [-0.3, -0.25) is 0 Å². The molecule has 1 saturated carbocycles. The zero-order valence-corrected chi connectivity index (χ0v) is 10.3. The van der Waals surface area contributed by atoms with Gasteiger partial charge in [0.15, 0.2) is 0 Å². The van der Waals surface area contributed by atoms with E-state index in [0.717, 1.165) is 11.8 Å². The first-order chi connectivity index (χ1) is 6.59. The monoisotopic (exact) mass is 198 g/mol. The molecule has 1 atom stereocenters. The van der Waals surface area contributed by atoms with Crippen LogP contribution in [0.1, 0.15) is 59.8 Å². The predicted octanol–water partition coefficient (Wildman–Crippen LogP) is 4.02. The van der Waals surface area contributed by atoms with Crippen molar-refractivity contribution >= 4 is 0 Å². The molecule has 1 heteroatoms. The Morgan fingerprint density at radius 3 is 2.07 bits per heavy atom. The molecular weight excluding hydrogens is 172 g/mol. The van der Waals surface area contributed by atoms with Crippen molar-refractivity contribution in [3.8, 4) is 0 Å². The van der Waals surface area contributed by atoms with Gasteiger partial charge in [0.25, 0.3) is 0 Å². The average Bonchev–Trinajstić information content (AvgIpc) is 1.95. The van der Waals surface area contributed by atoms with Crippen molar-refractivity contribution in [1.29, 1.82) is 0 Å². The summed E-state index contributed by atoms with van der Waals surface area (Å²) >= 11 is 0. The zero-order valence-electron chi connectivity index (χ0n) is 10.3. The molecule has 0 spiro atoms. The lowest BCUT2D eigenvalue weighted by Gasteiger charge is -2.35. The molecule has 0 saturated heterocycles. The molecule has 0 heterocycles. The highest BCUT2D eigenvalue weighted by Crippen LogP contribution is 2.34. The van der Waals surface area contributed by atoms with Crippen molar-refractivity contribution in [2.75, 3.05) is 0 Å². The van der Waals surface area contributed by atoms with E-state index in [-0.39, 0.29) is 0 Å². The fraction of sp³-hybridized carbons (Fsp3) is 1.00. The Bertz CT molecular complexity index is 147. The quantitative estimate of drug-likeness (QED) is 0.626. The van der Waals surface area contributed by atoms with E-state index >= 15 is 0 Å². The van der Waals surface area contributed by atoms with Gasteiger partial charge in [-0.05, 0) is 51.4 Å². The van der Waals surface area contributed by atoms with Crippen LogP contribution in [0.2, 0.25) is 0 Å². The van der Waals surface area contributed by atoms with Crippen molar-refractivity contribution < 1.29 is 4.74 Å². The molecule has 0 bridgehead atoms. The van der Waals surface area contributed by atoms with Crippen LogP contribution >= 0.6 is 0 Å². The van der Waals surface area contributed by atoms with Crippen LogP contribution in [-0.2, 0) is 4.74 Å². The van der Waals surface area contributed by atoms with Gasteiger partial charge in [0.2, 0.25) is 0 Å². The van der Waals surface area contributed by atoms with Gasteiger partial charge in [0.05, 0.1) is 12.2 Å². The third-order valence-electron chi connectivity index (χ3n) is 3.15. The molecule has 0 amide bonds. The number of hydrogen-bond donors (Lipinski definition) is 0. The molecule has 1 aliphatic rings. The lowest BCUT2D eigenvalue weighted by molar-refractivity contribution is -0.0531. The largest absolute Gasteiger partial charge is 0.375 e. The summed E-state index contributed by atoms with van der Waals surface area (Å²) in [5.41, 5.74) is 0. The lowest BCUT2D eigenvalue weighted by Crippen LogP contribution is -2.31. The van der Waals surface area contributed by atoms with Crippen LogP contribution in [0.25, 0.3) is 0 Å². The molecule has 1 fully saturated rings. The van der Waals surface area contributed by atoms with E-state index in [1.165, 1.54) is 32.1 Å². The highest BCUT2D eigenvalue weighted by atomic mass is 16.5. The van der Waals surface area contributed by atoms with Gasteiger partial charge < -0.3 is 4.74 Å². The zero-order chi connectivity index (χ0) is 10.6. The smallest absolute Gasteiger partial charge is 0.0606 e. The first kappa shape index (κ1) is 12.0. The summed E-state index contributed by atoms with van der Waals surface area (Å²) in [5.74, 6) is 1.68. The van der Waals surface area contributed by atoms with E-state index in [1.807, 2.05) is 0 Å². The summed E-state index contributed by atoms with van der Waals surface area (Å²) in [6, 6.07) is 0. The average molecular weight is 198 g/mol. The fourth-order valence-corrected chi connectivity index (χ4v) is 2.07. The van der Waals surface area contributed by atoms with Gasteiger partial charge in [-0.1, -0.05) is 20.3 Å². The SMILES string of the molecule is CC(C)CCC(OC(C)C)C1CCC1. The minimum Gasteiger partial charge on any atom is -0.375 e. The van der Waals surface area contributed by atoms with E-state index in [2.05, 4.69) is 27.7 Å². The van der Waals surface area contributed by atoms with E-state index in [0.29, 0.717) is 12.2 Å². The predicted molar refractivity (Wildman–Crippen MR) is 61.4 cm³/mol. The Labute approximate surface area is 89.2 Å². The molecule has 84 valence electrons. The van der Waals surface area contributed by atoms with Crippen LogP contribution in [-0.4, -0.2) is 12.2 Å². The maximum absolute atomic E-state index is 6.00. The highest BCUT2D eigenvalue weighted by Gasteiger charge is 2.28. The maximum Gasteiger partial charge on any atom is 0.0606 e. The lowest BCUT2D eigenvalue weighted by atomic mass is 9.79. The summed E-state index contributed by atoms with van der Waals surface area (Å²) < 4.78 is 6.00. The molecule has 1 unspecified atom stereocenters. The summed E-state index contributed by atoms with van der Waals surface area (Å²) in [5, 5.41) is 0. The minimum absolute atomic E-state index is 0.396. The van der Waals surface area contributed by atoms with Crippen LogP contribution < -0.4 is 0 Å². The minimum atomic E-state index is 0.396. The van der Waals surface area contributed by atoms with Crippen LogP contribution in [0.15, 0.2) is 0 Å². The van der Waals surface area contributed by atoms with Crippen molar-refractivity contribution in [2.24, 2.45) is 11.8 Å². The summed E-state index contributed by atoms with van der Waals surface area (Å²) in [6.07, 6.45) is 7.74. The first-order valence-electron chi connectivity index (χ1n) is 6.25. The van der Waals surface area contributed by atoms with Gasteiger partial charge >= 0.3 is 0 Å². The topological polar surface area (TPSA) is 9.23 Å². The van der Waals surface area contributed by atoms with Crippen LogP contribution in [0, 0.1) is 11.8 Å². The van der Waals surface area contributed by atoms with Crippen LogP contribution in [0.5, 0.6) is 0 Å². The summed E-state index contributed by atoms with van der Waals surface area (Å²) in [4.78, 5) is 0. The molecule has 0 aromatic heterocycles. The van der Waals surface area contributed by atoms with Gasteiger partial charge in [0.1, 0.15) is 0 Å². The number of ether oxygens (including phenoxy) is 1. The molecule has 0 aliphatic heterocycles. The molecule has 0 aromatic rings. The maximum atomic E-state index is 6.00. The molecule has 1 rings (SSSR count). The second kappa shape index (κ2) is 5.75. The standard InChI is InChI=1S/C13H26O/c1-10(2)8-9-13(14-11(3)4)12-6-5-7-12/h10-13H,5-9H2,1-4H3. The second-order valence-electron chi connectivity index (χ2n) is 5.39. The van der Waals surface area contributed by atoms with Crippen molar-refractivity contribution in [2.45, 2.75) is 72.0 Å². The Hall–Kier alpha value is -0.0400. The Morgan fingerprint density at radius 1 is 1.07 bits per heavy atom. The normalized spacial score (nSPS) is 20.1. The Kier molecular flexibility index (Phi) is 4.94. The fourth-order valence-electron chi connectivity index (χ4n) is 2.07. The van der Waals surface area contributed by atoms with Crippen LogP contribution in [0.4, 0.5) is 0 Å². The van der Waals surface area contributed by atoms with E-state index < -0.39 is 0 Å². The molecule has 1 aliphatic carbocycles. The van der Waals surface area contributed by atoms with E-state index in [4.69, 9.17) is 4.74 Å². The van der Waals surface area contributed by atoms with Gasteiger partial charge in [-0.15, -0.1) is 0 Å². The Balaban J connectivity index is 2.28. The third kappa shape index (κ3) is 4.00. The number of hydrogen-bond acceptors (Lipinski definition) is 1.